The Morgan fingerprint density at radius 2 is 2.23 bits per heavy atom. The van der Waals surface area contributed by atoms with E-state index in [1.807, 2.05) is 12.1 Å². The zero-order chi connectivity index (χ0) is 17.9. The van der Waals surface area contributed by atoms with Crippen LogP contribution < -0.4 is 5.32 Å². The smallest absolute Gasteiger partial charge is 0.237 e. The van der Waals surface area contributed by atoms with E-state index in [4.69, 9.17) is 5.26 Å². The Morgan fingerprint density at radius 1 is 1.31 bits per heavy atom. The maximum absolute atomic E-state index is 12.5. The average molecular weight is 349 g/mol. The highest BCUT2D eigenvalue weighted by Crippen LogP contribution is 2.21. The molecule has 2 fully saturated rings. The number of nitriles is 1. The molecule has 1 amide bonds. The molecule has 6 heteroatoms. The van der Waals surface area contributed by atoms with Crippen LogP contribution in [0.3, 0.4) is 0 Å². The second-order valence-corrected chi connectivity index (χ2v) is 7.15. The molecule has 3 heterocycles. The molecule has 0 aliphatic carbocycles. The molecule has 2 saturated heterocycles. The number of aromatic nitrogens is 1. The minimum Gasteiger partial charge on any atom is -0.381 e. The van der Waals surface area contributed by atoms with Crippen LogP contribution in [0.4, 0.5) is 5.69 Å². The van der Waals surface area contributed by atoms with E-state index in [9.17, 15) is 4.79 Å². The fourth-order valence-corrected chi connectivity index (χ4v) is 3.98. The van der Waals surface area contributed by atoms with Crippen molar-refractivity contribution in [1.82, 2.24) is 14.8 Å². The molecule has 4 rings (SSSR count). The molecule has 6 nitrogen and oxygen atoms in total. The highest BCUT2D eigenvalue weighted by atomic mass is 16.2. The van der Waals surface area contributed by atoms with Crippen LogP contribution in [0.1, 0.15) is 19.3 Å². The lowest BCUT2D eigenvalue weighted by atomic mass is 10.2. The van der Waals surface area contributed by atoms with E-state index >= 15 is 0 Å². The monoisotopic (exact) mass is 349 g/mol. The summed E-state index contributed by atoms with van der Waals surface area (Å²) in [6, 6.07) is 12.6. The topological polar surface area (TPSA) is 72.3 Å². The van der Waals surface area contributed by atoms with Gasteiger partial charge in [-0.1, -0.05) is 6.07 Å². The van der Waals surface area contributed by atoms with Crippen LogP contribution in [0.2, 0.25) is 0 Å². The van der Waals surface area contributed by atoms with Crippen molar-refractivity contribution in [3.05, 3.63) is 36.5 Å². The van der Waals surface area contributed by atoms with Crippen LogP contribution in [0.15, 0.2) is 36.5 Å². The first kappa shape index (κ1) is 16.8. The van der Waals surface area contributed by atoms with Crippen LogP contribution in [-0.4, -0.2) is 59.0 Å². The molecular formula is C20H23N5O. The molecule has 1 N–H and O–H groups in total. The van der Waals surface area contributed by atoms with Crippen molar-refractivity contribution in [1.29, 1.82) is 5.26 Å². The van der Waals surface area contributed by atoms with Gasteiger partial charge in [-0.25, -0.2) is 0 Å². The molecule has 134 valence electrons. The number of hydrogen-bond acceptors (Lipinski definition) is 5. The molecular weight excluding hydrogens is 326 g/mol. The van der Waals surface area contributed by atoms with Crippen LogP contribution in [-0.2, 0) is 4.79 Å². The summed E-state index contributed by atoms with van der Waals surface area (Å²) in [5.74, 6) is 0.0893. The van der Waals surface area contributed by atoms with Crippen LogP contribution in [0.5, 0.6) is 0 Å². The fourth-order valence-electron chi connectivity index (χ4n) is 3.98. The standard InChI is InChI=1S/C20H23N5O/c21-12-18-4-2-9-25(18)20(26)14-24-10-7-17(13-24)23-16-5-6-19-15(11-16)3-1-8-22-19/h1,3,5-6,8,11,17-18,23H,2,4,7,9-10,13-14H2/t17-,18+/m1/s1. The van der Waals surface area contributed by atoms with Gasteiger partial charge in [0.2, 0.25) is 5.91 Å². The molecule has 0 spiro atoms. The van der Waals surface area contributed by atoms with Crippen molar-refractivity contribution in [3.8, 4) is 6.07 Å². The second kappa shape index (κ2) is 7.30. The molecule has 2 aromatic rings. The number of nitrogens with one attached hydrogen (secondary N) is 1. The number of carbonyl (C=O) groups is 1. The summed E-state index contributed by atoms with van der Waals surface area (Å²) in [7, 11) is 0. The maximum Gasteiger partial charge on any atom is 0.237 e. The Morgan fingerprint density at radius 3 is 3.12 bits per heavy atom. The van der Waals surface area contributed by atoms with Gasteiger partial charge in [-0.3, -0.25) is 14.7 Å². The number of anilines is 1. The predicted octanol–water partition coefficient (Wildman–Crippen LogP) is 2.24. The molecule has 0 radical (unpaired) electrons. The Labute approximate surface area is 153 Å². The summed E-state index contributed by atoms with van der Waals surface area (Å²) in [4.78, 5) is 20.8. The van der Waals surface area contributed by atoms with E-state index < -0.39 is 0 Å². The maximum atomic E-state index is 12.5. The summed E-state index contributed by atoms with van der Waals surface area (Å²) in [6.45, 7) is 2.89. The third kappa shape index (κ3) is 3.49. The molecule has 1 aromatic heterocycles. The van der Waals surface area contributed by atoms with Crippen molar-refractivity contribution in [2.24, 2.45) is 0 Å². The number of benzene rings is 1. The summed E-state index contributed by atoms with van der Waals surface area (Å²) in [6.07, 6.45) is 4.56. The first-order valence-corrected chi connectivity index (χ1v) is 9.26. The third-order valence-corrected chi connectivity index (χ3v) is 5.33. The van der Waals surface area contributed by atoms with E-state index in [1.54, 1.807) is 11.1 Å². The van der Waals surface area contributed by atoms with Crippen molar-refractivity contribution >= 4 is 22.5 Å². The predicted molar refractivity (Wildman–Crippen MR) is 101 cm³/mol. The van der Waals surface area contributed by atoms with Crippen molar-refractivity contribution in [2.75, 3.05) is 31.5 Å². The minimum atomic E-state index is -0.231. The molecule has 2 aliphatic heterocycles. The van der Waals surface area contributed by atoms with Gasteiger partial charge >= 0.3 is 0 Å². The first-order chi connectivity index (χ1) is 12.7. The highest BCUT2D eigenvalue weighted by molar-refractivity contribution is 5.82. The lowest BCUT2D eigenvalue weighted by Crippen LogP contribution is -2.42. The number of amides is 1. The lowest BCUT2D eigenvalue weighted by molar-refractivity contribution is -0.132. The van der Waals surface area contributed by atoms with Gasteiger partial charge in [0, 0.05) is 42.9 Å². The number of rotatable bonds is 4. The van der Waals surface area contributed by atoms with E-state index in [-0.39, 0.29) is 11.9 Å². The highest BCUT2D eigenvalue weighted by Gasteiger charge is 2.31. The number of likely N-dealkylation sites (tertiary alicyclic amines) is 2. The van der Waals surface area contributed by atoms with Gasteiger partial charge < -0.3 is 10.2 Å². The molecule has 0 bridgehead atoms. The van der Waals surface area contributed by atoms with Gasteiger partial charge in [-0.15, -0.1) is 0 Å². The van der Waals surface area contributed by atoms with E-state index in [0.717, 1.165) is 55.5 Å². The van der Waals surface area contributed by atoms with Gasteiger partial charge in [0.05, 0.1) is 18.1 Å². The largest absolute Gasteiger partial charge is 0.381 e. The zero-order valence-corrected chi connectivity index (χ0v) is 14.8. The summed E-state index contributed by atoms with van der Waals surface area (Å²) in [5.41, 5.74) is 2.09. The first-order valence-electron chi connectivity index (χ1n) is 9.26. The third-order valence-electron chi connectivity index (χ3n) is 5.33. The van der Waals surface area contributed by atoms with Gasteiger partial charge in [-0.2, -0.15) is 5.26 Å². The molecule has 0 saturated carbocycles. The SMILES string of the molecule is N#C[C@@H]1CCCN1C(=O)CN1CC[C@@H](Nc2ccc3ncccc3c2)C1. The van der Waals surface area contributed by atoms with E-state index in [2.05, 4.69) is 39.5 Å². The zero-order valence-electron chi connectivity index (χ0n) is 14.8. The number of pyridine rings is 1. The minimum absolute atomic E-state index is 0.0893. The van der Waals surface area contributed by atoms with Crippen LogP contribution in [0.25, 0.3) is 10.9 Å². The molecule has 2 atom stereocenters. The Bertz CT molecular complexity index is 845. The fraction of sp³-hybridized carbons (Fsp3) is 0.450. The molecule has 26 heavy (non-hydrogen) atoms. The number of carbonyl (C=O) groups excluding carboxylic acids is 1. The molecule has 0 unspecified atom stereocenters. The Kier molecular flexibility index (Phi) is 4.72. The van der Waals surface area contributed by atoms with Gasteiger partial charge in [0.1, 0.15) is 6.04 Å². The Hall–Kier alpha value is -2.65. The van der Waals surface area contributed by atoms with E-state index in [0.29, 0.717) is 12.6 Å². The summed E-state index contributed by atoms with van der Waals surface area (Å²) in [5, 5.41) is 13.9. The molecule has 1 aromatic carbocycles. The van der Waals surface area contributed by atoms with Crippen LogP contribution >= 0.6 is 0 Å². The number of nitrogens with zero attached hydrogens (tertiary/aromatic N) is 4. The van der Waals surface area contributed by atoms with Gasteiger partial charge in [-0.05, 0) is 43.5 Å². The van der Waals surface area contributed by atoms with Crippen molar-refractivity contribution < 1.29 is 4.79 Å². The van der Waals surface area contributed by atoms with Crippen molar-refractivity contribution in [3.63, 3.8) is 0 Å². The van der Waals surface area contributed by atoms with Gasteiger partial charge in [0.25, 0.3) is 0 Å². The normalized spacial score (nSPS) is 23.3. The number of fused-ring (bicyclic) bond motifs is 1. The quantitative estimate of drug-likeness (QED) is 0.916. The summed E-state index contributed by atoms with van der Waals surface area (Å²) >= 11 is 0. The summed E-state index contributed by atoms with van der Waals surface area (Å²) < 4.78 is 0. The van der Waals surface area contributed by atoms with Crippen LogP contribution in [0, 0.1) is 11.3 Å². The van der Waals surface area contributed by atoms with Gasteiger partial charge in [0.15, 0.2) is 0 Å². The molecule has 2 aliphatic rings. The van der Waals surface area contributed by atoms with E-state index in [1.165, 1.54) is 0 Å². The average Bonchev–Trinajstić information content (AvgIpc) is 3.30. The van der Waals surface area contributed by atoms with Crippen molar-refractivity contribution in [2.45, 2.75) is 31.3 Å². The lowest BCUT2D eigenvalue weighted by Gasteiger charge is -2.23. The Balaban J connectivity index is 1.33. The number of hydrogen-bond donors (Lipinski definition) is 1. The second-order valence-electron chi connectivity index (χ2n) is 7.15.